The van der Waals surface area contributed by atoms with Crippen molar-refractivity contribution in [3.63, 3.8) is 0 Å². The molecule has 3 heterocycles. The highest BCUT2D eigenvalue weighted by atomic mass is 79.9. The van der Waals surface area contributed by atoms with Crippen molar-refractivity contribution in [1.82, 2.24) is 10.3 Å². The lowest BCUT2D eigenvalue weighted by Crippen LogP contribution is -2.40. The molecule has 0 saturated carbocycles. The number of hydrogen-bond acceptors (Lipinski definition) is 3. The van der Waals surface area contributed by atoms with Crippen LogP contribution in [0.2, 0.25) is 0 Å². The molecule has 0 amide bonds. The van der Waals surface area contributed by atoms with Crippen molar-refractivity contribution in [2.45, 2.75) is 31.7 Å². The summed E-state index contributed by atoms with van der Waals surface area (Å²) in [5.41, 5.74) is 1.25. The van der Waals surface area contributed by atoms with Crippen molar-refractivity contribution < 1.29 is 0 Å². The Morgan fingerprint density at radius 2 is 2.06 bits per heavy atom. The average molecular weight is 310 g/mol. The zero-order valence-electron chi connectivity index (χ0n) is 10.6. The molecular weight excluding hydrogens is 290 g/mol. The number of aromatic nitrogens is 1. The molecule has 3 rings (SSSR count). The van der Waals surface area contributed by atoms with Gasteiger partial charge in [0.05, 0.1) is 11.9 Å². The van der Waals surface area contributed by atoms with E-state index in [1.807, 2.05) is 12.4 Å². The molecule has 0 aromatic carbocycles. The molecule has 4 heteroatoms. The van der Waals surface area contributed by atoms with Gasteiger partial charge >= 0.3 is 0 Å². The fourth-order valence-corrected chi connectivity index (χ4v) is 3.60. The topological polar surface area (TPSA) is 28.2 Å². The first-order valence-corrected chi connectivity index (χ1v) is 7.71. The molecule has 0 aliphatic carbocycles. The van der Waals surface area contributed by atoms with Crippen molar-refractivity contribution in [1.29, 1.82) is 0 Å². The average Bonchev–Trinajstić information content (AvgIpc) is 2.93. The minimum absolute atomic E-state index is 0.785. The smallest absolute Gasteiger partial charge is 0.0564 e. The minimum Gasteiger partial charge on any atom is -0.370 e. The van der Waals surface area contributed by atoms with Gasteiger partial charge in [0.15, 0.2) is 0 Å². The summed E-state index contributed by atoms with van der Waals surface area (Å²) in [6.45, 7) is 3.56. The number of nitrogens with one attached hydrogen (secondary N) is 1. The van der Waals surface area contributed by atoms with Gasteiger partial charge in [-0.2, -0.15) is 0 Å². The van der Waals surface area contributed by atoms with Crippen molar-refractivity contribution in [3.05, 3.63) is 22.9 Å². The van der Waals surface area contributed by atoms with Gasteiger partial charge in [0, 0.05) is 29.8 Å². The molecule has 0 spiro atoms. The summed E-state index contributed by atoms with van der Waals surface area (Å²) in [5.74, 6) is 0.879. The standard InChI is InChI=1S/C14H20BrN3/c15-12-8-13(10-16-9-12)18-6-3-11(4-7-18)14-2-1-5-17-14/h8-11,14,17H,1-7H2. The third-order valence-electron chi connectivity index (χ3n) is 4.26. The monoisotopic (exact) mass is 309 g/mol. The highest BCUT2D eigenvalue weighted by Crippen LogP contribution is 2.28. The van der Waals surface area contributed by atoms with Gasteiger partial charge < -0.3 is 10.2 Å². The van der Waals surface area contributed by atoms with Gasteiger partial charge in [0.2, 0.25) is 0 Å². The van der Waals surface area contributed by atoms with E-state index in [-0.39, 0.29) is 0 Å². The first-order valence-electron chi connectivity index (χ1n) is 6.92. The Labute approximate surface area is 117 Å². The molecule has 1 N–H and O–H groups in total. The van der Waals surface area contributed by atoms with Gasteiger partial charge in [-0.1, -0.05) is 0 Å². The van der Waals surface area contributed by atoms with Crippen LogP contribution in [0.15, 0.2) is 22.9 Å². The summed E-state index contributed by atoms with van der Waals surface area (Å²) in [4.78, 5) is 6.72. The zero-order valence-corrected chi connectivity index (χ0v) is 12.2. The van der Waals surface area contributed by atoms with Crippen LogP contribution in [-0.2, 0) is 0 Å². The second kappa shape index (κ2) is 5.57. The Hall–Kier alpha value is -0.610. The lowest BCUT2D eigenvalue weighted by molar-refractivity contribution is 0.319. The maximum absolute atomic E-state index is 4.26. The Bertz CT molecular complexity index is 396. The molecule has 2 saturated heterocycles. The summed E-state index contributed by atoms with van der Waals surface area (Å²) in [6, 6.07) is 2.95. The summed E-state index contributed by atoms with van der Waals surface area (Å²) >= 11 is 3.50. The van der Waals surface area contributed by atoms with E-state index < -0.39 is 0 Å². The summed E-state index contributed by atoms with van der Waals surface area (Å²) in [7, 11) is 0. The van der Waals surface area contributed by atoms with Crippen molar-refractivity contribution >= 4 is 21.6 Å². The quantitative estimate of drug-likeness (QED) is 0.910. The van der Waals surface area contributed by atoms with E-state index in [2.05, 4.69) is 37.2 Å². The lowest BCUT2D eigenvalue weighted by atomic mass is 9.88. The van der Waals surface area contributed by atoms with Crippen LogP contribution in [0.4, 0.5) is 5.69 Å². The summed E-state index contributed by atoms with van der Waals surface area (Å²) < 4.78 is 1.07. The second-order valence-corrected chi connectivity index (χ2v) is 6.30. The molecule has 3 nitrogen and oxygen atoms in total. The highest BCUT2D eigenvalue weighted by molar-refractivity contribution is 9.10. The molecule has 2 aliphatic rings. The molecule has 2 fully saturated rings. The van der Waals surface area contributed by atoms with Crippen LogP contribution in [0.1, 0.15) is 25.7 Å². The number of halogens is 1. The predicted octanol–water partition coefficient (Wildman–Crippen LogP) is 2.81. The van der Waals surface area contributed by atoms with Gasteiger partial charge in [-0.15, -0.1) is 0 Å². The molecule has 1 unspecified atom stereocenters. The van der Waals surface area contributed by atoms with Crippen LogP contribution in [0.3, 0.4) is 0 Å². The number of rotatable bonds is 2. The Balaban J connectivity index is 1.59. The van der Waals surface area contributed by atoms with Crippen molar-refractivity contribution in [2.24, 2.45) is 5.92 Å². The SMILES string of the molecule is Brc1cncc(N2CCC(C3CCCN3)CC2)c1. The molecule has 2 aliphatic heterocycles. The van der Waals surface area contributed by atoms with Gasteiger partial charge in [-0.05, 0) is 60.1 Å². The molecule has 1 aromatic heterocycles. The number of piperidine rings is 1. The molecule has 1 atom stereocenters. The molecule has 0 radical (unpaired) electrons. The highest BCUT2D eigenvalue weighted by Gasteiger charge is 2.28. The molecule has 98 valence electrons. The van der Waals surface area contributed by atoms with Crippen LogP contribution in [0, 0.1) is 5.92 Å². The molecule has 0 bridgehead atoms. The van der Waals surface area contributed by atoms with Gasteiger partial charge in [-0.3, -0.25) is 4.98 Å². The van der Waals surface area contributed by atoms with Crippen LogP contribution >= 0.6 is 15.9 Å². The summed E-state index contributed by atoms with van der Waals surface area (Å²) in [5, 5.41) is 3.65. The van der Waals surface area contributed by atoms with Crippen LogP contribution in [0.25, 0.3) is 0 Å². The maximum atomic E-state index is 4.26. The van der Waals surface area contributed by atoms with Crippen molar-refractivity contribution in [2.75, 3.05) is 24.5 Å². The van der Waals surface area contributed by atoms with Crippen molar-refractivity contribution in [3.8, 4) is 0 Å². The molecule has 1 aromatic rings. The molecule has 18 heavy (non-hydrogen) atoms. The number of nitrogens with zero attached hydrogens (tertiary/aromatic N) is 2. The lowest BCUT2D eigenvalue weighted by Gasteiger charge is -2.36. The van der Waals surface area contributed by atoms with E-state index in [0.717, 1.165) is 16.4 Å². The minimum atomic E-state index is 0.785. The van der Waals surface area contributed by atoms with E-state index in [0.29, 0.717) is 0 Å². The predicted molar refractivity (Wildman–Crippen MR) is 77.9 cm³/mol. The first-order chi connectivity index (χ1) is 8.83. The van der Waals surface area contributed by atoms with E-state index in [1.54, 1.807) is 0 Å². The maximum Gasteiger partial charge on any atom is 0.0564 e. The molecular formula is C14H20BrN3. The van der Waals surface area contributed by atoms with Gasteiger partial charge in [-0.25, -0.2) is 0 Å². The van der Waals surface area contributed by atoms with Crippen LogP contribution in [0.5, 0.6) is 0 Å². The number of anilines is 1. The fraction of sp³-hybridized carbons (Fsp3) is 0.643. The van der Waals surface area contributed by atoms with Crippen LogP contribution in [-0.4, -0.2) is 30.7 Å². The Morgan fingerprint density at radius 3 is 2.72 bits per heavy atom. The van der Waals surface area contributed by atoms with E-state index in [1.165, 1.54) is 51.0 Å². The zero-order chi connectivity index (χ0) is 12.4. The second-order valence-electron chi connectivity index (χ2n) is 5.39. The third-order valence-corrected chi connectivity index (χ3v) is 4.70. The van der Waals surface area contributed by atoms with E-state index >= 15 is 0 Å². The van der Waals surface area contributed by atoms with E-state index in [9.17, 15) is 0 Å². The first kappa shape index (κ1) is 12.4. The van der Waals surface area contributed by atoms with Gasteiger partial charge in [0.25, 0.3) is 0 Å². The number of pyridine rings is 1. The van der Waals surface area contributed by atoms with E-state index in [4.69, 9.17) is 0 Å². The largest absolute Gasteiger partial charge is 0.370 e. The van der Waals surface area contributed by atoms with Crippen LogP contribution < -0.4 is 10.2 Å². The summed E-state index contributed by atoms with van der Waals surface area (Å²) in [6.07, 6.45) is 9.18. The number of hydrogen-bond donors (Lipinski definition) is 1. The third kappa shape index (κ3) is 2.69. The normalized spacial score (nSPS) is 25.6. The Morgan fingerprint density at radius 1 is 1.22 bits per heavy atom. The fourth-order valence-electron chi connectivity index (χ4n) is 3.25. The van der Waals surface area contributed by atoms with Gasteiger partial charge in [0.1, 0.15) is 0 Å². The Kier molecular flexibility index (Phi) is 3.85.